The number of hydrogen-bond acceptors (Lipinski definition) is 2. The SMILES string of the molecule is CC.NC(Cc1c[nH]c2c(F)cccc12)C(=O)O. The van der Waals surface area contributed by atoms with Crippen molar-refractivity contribution in [3.05, 3.63) is 35.8 Å². The number of fused-ring (bicyclic) bond motifs is 1. The molecule has 2 aromatic rings. The second-order valence-corrected chi connectivity index (χ2v) is 3.63. The first kappa shape index (κ1) is 14.2. The number of aliphatic carboxylic acids is 1. The monoisotopic (exact) mass is 252 g/mol. The van der Waals surface area contributed by atoms with Crippen LogP contribution in [0.2, 0.25) is 0 Å². The molecule has 2 rings (SSSR count). The summed E-state index contributed by atoms with van der Waals surface area (Å²) in [5.41, 5.74) is 6.53. The Balaban J connectivity index is 0.000000771. The second kappa shape index (κ2) is 6.16. The molecule has 18 heavy (non-hydrogen) atoms. The summed E-state index contributed by atoms with van der Waals surface area (Å²) in [7, 11) is 0. The summed E-state index contributed by atoms with van der Waals surface area (Å²) in [6.45, 7) is 4.00. The molecular formula is C13H17FN2O2. The van der Waals surface area contributed by atoms with Crippen molar-refractivity contribution in [2.45, 2.75) is 26.3 Å². The quantitative estimate of drug-likeness (QED) is 0.784. The van der Waals surface area contributed by atoms with Crippen LogP contribution in [0.3, 0.4) is 0 Å². The fourth-order valence-corrected chi connectivity index (χ4v) is 1.67. The lowest BCUT2D eigenvalue weighted by Gasteiger charge is -2.04. The zero-order chi connectivity index (χ0) is 13.7. The first-order valence-corrected chi connectivity index (χ1v) is 5.82. The number of H-pyrrole nitrogens is 1. The molecule has 0 aliphatic carbocycles. The van der Waals surface area contributed by atoms with Crippen LogP contribution >= 0.6 is 0 Å². The highest BCUT2D eigenvalue weighted by atomic mass is 19.1. The summed E-state index contributed by atoms with van der Waals surface area (Å²) in [4.78, 5) is 13.4. The molecule has 0 aliphatic rings. The first-order valence-electron chi connectivity index (χ1n) is 5.82. The van der Waals surface area contributed by atoms with Gasteiger partial charge in [0.15, 0.2) is 0 Å². The fraction of sp³-hybridized carbons (Fsp3) is 0.308. The van der Waals surface area contributed by atoms with Crippen molar-refractivity contribution in [1.82, 2.24) is 4.98 Å². The maximum Gasteiger partial charge on any atom is 0.320 e. The summed E-state index contributed by atoms with van der Waals surface area (Å²) in [5, 5.41) is 9.38. The van der Waals surface area contributed by atoms with E-state index in [4.69, 9.17) is 10.8 Å². The highest BCUT2D eigenvalue weighted by Crippen LogP contribution is 2.21. The number of nitrogens with two attached hydrogens (primary N) is 1. The third-order valence-corrected chi connectivity index (χ3v) is 2.51. The fourth-order valence-electron chi connectivity index (χ4n) is 1.67. The van der Waals surface area contributed by atoms with Crippen molar-refractivity contribution in [2.75, 3.05) is 0 Å². The third kappa shape index (κ3) is 2.87. The lowest BCUT2D eigenvalue weighted by molar-refractivity contribution is -0.138. The van der Waals surface area contributed by atoms with Crippen LogP contribution in [0.5, 0.6) is 0 Å². The number of carboxylic acids is 1. The molecule has 1 aromatic heterocycles. The topological polar surface area (TPSA) is 79.1 Å². The predicted octanol–water partition coefficient (Wildman–Crippen LogP) is 2.29. The smallest absolute Gasteiger partial charge is 0.320 e. The van der Waals surface area contributed by atoms with E-state index in [0.717, 1.165) is 0 Å². The van der Waals surface area contributed by atoms with Gasteiger partial charge in [-0.3, -0.25) is 4.79 Å². The average Bonchev–Trinajstić information content (AvgIpc) is 2.76. The standard InChI is InChI=1S/C11H11FN2O2.C2H6/c12-8-3-1-2-7-6(5-14-10(7)8)4-9(13)11(15)16;1-2/h1-3,5,9,14H,4,13H2,(H,15,16);1-2H3. The van der Waals surface area contributed by atoms with Crippen molar-refractivity contribution >= 4 is 16.9 Å². The molecule has 5 heteroatoms. The highest BCUT2D eigenvalue weighted by Gasteiger charge is 2.15. The molecule has 0 fully saturated rings. The van der Waals surface area contributed by atoms with Crippen molar-refractivity contribution < 1.29 is 14.3 Å². The number of aromatic amines is 1. The van der Waals surface area contributed by atoms with Gasteiger partial charge in [0.25, 0.3) is 0 Å². The van der Waals surface area contributed by atoms with Crippen molar-refractivity contribution in [3.63, 3.8) is 0 Å². The Hall–Kier alpha value is -1.88. The molecule has 1 atom stereocenters. The molecular weight excluding hydrogens is 235 g/mol. The van der Waals surface area contributed by atoms with Gasteiger partial charge in [-0.25, -0.2) is 4.39 Å². The van der Waals surface area contributed by atoms with Gasteiger partial charge in [-0.2, -0.15) is 0 Å². The third-order valence-electron chi connectivity index (χ3n) is 2.51. The Morgan fingerprint density at radius 2 is 2.17 bits per heavy atom. The maximum atomic E-state index is 13.3. The molecule has 0 amide bonds. The zero-order valence-corrected chi connectivity index (χ0v) is 10.4. The van der Waals surface area contributed by atoms with Gasteiger partial charge in [0.1, 0.15) is 11.9 Å². The Morgan fingerprint density at radius 1 is 1.50 bits per heavy atom. The Kier molecular flexibility index (Phi) is 4.85. The summed E-state index contributed by atoms with van der Waals surface area (Å²) in [6.07, 6.45) is 1.77. The Labute approximate surface area is 105 Å². The molecule has 0 radical (unpaired) electrons. The number of hydrogen-bond donors (Lipinski definition) is 3. The normalized spacial score (nSPS) is 11.8. The van der Waals surface area contributed by atoms with E-state index in [-0.39, 0.29) is 12.2 Å². The molecule has 0 bridgehead atoms. The molecule has 4 N–H and O–H groups in total. The van der Waals surface area contributed by atoms with E-state index in [1.807, 2.05) is 13.8 Å². The number of benzene rings is 1. The molecule has 1 aromatic carbocycles. The van der Waals surface area contributed by atoms with E-state index in [0.29, 0.717) is 16.5 Å². The maximum absolute atomic E-state index is 13.3. The van der Waals surface area contributed by atoms with Gasteiger partial charge in [-0.05, 0) is 11.6 Å². The van der Waals surface area contributed by atoms with Crippen LogP contribution in [-0.4, -0.2) is 22.1 Å². The molecule has 0 aliphatic heterocycles. The minimum Gasteiger partial charge on any atom is -0.480 e. The van der Waals surface area contributed by atoms with E-state index in [9.17, 15) is 9.18 Å². The van der Waals surface area contributed by atoms with Crippen LogP contribution < -0.4 is 5.73 Å². The van der Waals surface area contributed by atoms with Gasteiger partial charge in [0, 0.05) is 18.0 Å². The number of halogens is 1. The van der Waals surface area contributed by atoms with E-state index in [2.05, 4.69) is 4.98 Å². The van der Waals surface area contributed by atoms with Gasteiger partial charge in [-0.15, -0.1) is 0 Å². The van der Waals surface area contributed by atoms with Crippen molar-refractivity contribution in [1.29, 1.82) is 0 Å². The second-order valence-electron chi connectivity index (χ2n) is 3.63. The van der Waals surface area contributed by atoms with Crippen molar-refractivity contribution in [2.24, 2.45) is 5.73 Å². The van der Waals surface area contributed by atoms with E-state index < -0.39 is 12.0 Å². The van der Waals surface area contributed by atoms with Gasteiger partial charge >= 0.3 is 5.97 Å². The molecule has 1 unspecified atom stereocenters. The highest BCUT2D eigenvalue weighted by molar-refractivity contribution is 5.84. The van der Waals surface area contributed by atoms with E-state index in [1.165, 1.54) is 6.07 Å². The van der Waals surface area contributed by atoms with Crippen LogP contribution in [-0.2, 0) is 11.2 Å². The van der Waals surface area contributed by atoms with E-state index >= 15 is 0 Å². The number of aromatic nitrogens is 1. The van der Waals surface area contributed by atoms with Crippen LogP contribution in [0.4, 0.5) is 4.39 Å². The minimum absolute atomic E-state index is 0.179. The van der Waals surface area contributed by atoms with Crippen LogP contribution in [0.15, 0.2) is 24.4 Å². The molecule has 1 heterocycles. The molecule has 4 nitrogen and oxygen atoms in total. The van der Waals surface area contributed by atoms with Gasteiger partial charge in [0.2, 0.25) is 0 Å². The zero-order valence-electron chi connectivity index (χ0n) is 10.4. The Morgan fingerprint density at radius 3 is 2.78 bits per heavy atom. The summed E-state index contributed by atoms with van der Waals surface area (Å²) < 4.78 is 13.3. The van der Waals surface area contributed by atoms with Crippen LogP contribution in [0, 0.1) is 5.82 Å². The number of para-hydroxylation sites is 1. The van der Waals surface area contributed by atoms with Crippen LogP contribution in [0.1, 0.15) is 19.4 Å². The lowest BCUT2D eigenvalue weighted by atomic mass is 10.1. The summed E-state index contributed by atoms with van der Waals surface area (Å²) in [6, 6.07) is 3.70. The summed E-state index contributed by atoms with van der Waals surface area (Å²) >= 11 is 0. The lowest BCUT2D eigenvalue weighted by Crippen LogP contribution is -2.32. The van der Waals surface area contributed by atoms with Gasteiger partial charge in [-0.1, -0.05) is 26.0 Å². The summed E-state index contributed by atoms with van der Waals surface area (Å²) in [5.74, 6) is -1.42. The number of rotatable bonds is 3. The molecule has 98 valence electrons. The van der Waals surface area contributed by atoms with Gasteiger partial charge < -0.3 is 15.8 Å². The molecule has 0 saturated heterocycles. The molecule has 0 saturated carbocycles. The van der Waals surface area contributed by atoms with E-state index in [1.54, 1.807) is 18.3 Å². The van der Waals surface area contributed by atoms with Crippen LogP contribution in [0.25, 0.3) is 10.9 Å². The number of carbonyl (C=O) groups is 1. The largest absolute Gasteiger partial charge is 0.480 e. The average molecular weight is 252 g/mol. The van der Waals surface area contributed by atoms with Crippen molar-refractivity contribution in [3.8, 4) is 0 Å². The number of nitrogens with one attached hydrogen (secondary N) is 1. The minimum atomic E-state index is -1.06. The molecule has 0 spiro atoms. The Bertz CT molecular complexity index is 537. The first-order chi connectivity index (χ1) is 8.59. The van der Waals surface area contributed by atoms with Gasteiger partial charge in [0.05, 0.1) is 5.52 Å². The predicted molar refractivity (Wildman–Crippen MR) is 68.9 cm³/mol. The number of carboxylic acid groups (broad SMARTS) is 1.